The Balaban J connectivity index is 1.96. The van der Waals surface area contributed by atoms with Crippen molar-refractivity contribution >= 4 is 17.6 Å². The molecule has 0 radical (unpaired) electrons. The van der Waals surface area contributed by atoms with Crippen LogP contribution in [0.2, 0.25) is 0 Å². The maximum Gasteiger partial charge on any atom is 0.309 e. The highest BCUT2D eigenvalue weighted by Gasteiger charge is 2.09. The molecule has 110 valence electrons. The van der Waals surface area contributed by atoms with Gasteiger partial charge < -0.3 is 10.4 Å². The van der Waals surface area contributed by atoms with Crippen molar-refractivity contribution in [3.63, 3.8) is 0 Å². The molecule has 0 saturated carbocycles. The Bertz CT molecular complexity index is 684. The van der Waals surface area contributed by atoms with Crippen LogP contribution in [0.5, 0.6) is 0 Å². The minimum atomic E-state index is -1.03. The number of hydrogen-bond acceptors (Lipinski definition) is 4. The predicted octanol–water partition coefficient (Wildman–Crippen LogP) is 0.991. The largest absolute Gasteiger partial charge is 0.481 e. The average molecular weight is 292 g/mol. The maximum atomic E-state index is 13.3. The average Bonchev–Trinajstić information content (AvgIpc) is 2.80. The van der Waals surface area contributed by atoms with E-state index in [1.54, 1.807) is 19.1 Å². The van der Waals surface area contributed by atoms with E-state index in [0.29, 0.717) is 11.3 Å². The first-order valence-corrected chi connectivity index (χ1v) is 6.11. The van der Waals surface area contributed by atoms with Crippen molar-refractivity contribution < 1.29 is 19.1 Å². The number of aromatic nitrogens is 3. The summed E-state index contributed by atoms with van der Waals surface area (Å²) in [6.45, 7) is 1.49. The van der Waals surface area contributed by atoms with Crippen LogP contribution in [0.4, 0.5) is 10.1 Å². The summed E-state index contributed by atoms with van der Waals surface area (Å²) in [4.78, 5) is 22.3. The molecule has 7 nitrogen and oxygen atoms in total. The molecule has 1 amide bonds. The smallest absolute Gasteiger partial charge is 0.309 e. The number of carbonyl (C=O) groups excluding carboxylic acids is 1. The molecule has 1 aromatic heterocycles. The third kappa shape index (κ3) is 4.10. The molecule has 0 fully saturated rings. The van der Waals surface area contributed by atoms with Gasteiger partial charge in [-0.05, 0) is 24.6 Å². The molecular formula is C13H13FN4O3. The van der Waals surface area contributed by atoms with E-state index in [1.807, 2.05) is 0 Å². The lowest BCUT2D eigenvalue weighted by molar-refractivity contribution is -0.136. The highest BCUT2D eigenvalue weighted by atomic mass is 19.1. The molecule has 8 heteroatoms. The van der Waals surface area contributed by atoms with Crippen molar-refractivity contribution in [1.82, 2.24) is 15.0 Å². The van der Waals surface area contributed by atoms with Crippen LogP contribution in [-0.4, -0.2) is 32.0 Å². The number of carboxylic acids is 1. The van der Waals surface area contributed by atoms with Crippen molar-refractivity contribution in [1.29, 1.82) is 0 Å². The monoisotopic (exact) mass is 292 g/mol. The van der Waals surface area contributed by atoms with Crippen molar-refractivity contribution in [3.8, 4) is 0 Å². The van der Waals surface area contributed by atoms with E-state index < -0.39 is 17.7 Å². The zero-order valence-electron chi connectivity index (χ0n) is 11.2. The molecular weight excluding hydrogens is 279 g/mol. The summed E-state index contributed by atoms with van der Waals surface area (Å²) in [6.07, 6.45) is 1.12. The summed E-state index contributed by atoms with van der Waals surface area (Å²) in [7, 11) is 0. The molecule has 0 atom stereocenters. The molecule has 0 aliphatic heterocycles. The predicted molar refractivity (Wildman–Crippen MR) is 71.1 cm³/mol. The number of amides is 1. The van der Waals surface area contributed by atoms with Gasteiger partial charge in [0.05, 0.1) is 12.1 Å². The molecule has 0 unspecified atom stereocenters. The Labute approximate surface area is 119 Å². The van der Waals surface area contributed by atoms with E-state index in [1.165, 1.54) is 16.9 Å². The third-order valence-electron chi connectivity index (χ3n) is 2.68. The fourth-order valence-electron chi connectivity index (χ4n) is 1.67. The zero-order valence-corrected chi connectivity index (χ0v) is 11.2. The first-order valence-electron chi connectivity index (χ1n) is 6.11. The number of halogens is 1. The Morgan fingerprint density at radius 3 is 2.86 bits per heavy atom. The van der Waals surface area contributed by atoms with Gasteiger partial charge in [0, 0.05) is 11.9 Å². The number of anilines is 1. The highest BCUT2D eigenvalue weighted by Crippen LogP contribution is 2.13. The van der Waals surface area contributed by atoms with Gasteiger partial charge in [0.2, 0.25) is 5.91 Å². The molecule has 0 spiro atoms. The van der Waals surface area contributed by atoms with Gasteiger partial charge in [-0.2, -0.15) is 0 Å². The summed E-state index contributed by atoms with van der Waals surface area (Å²) in [5.74, 6) is -1.84. The normalized spacial score (nSPS) is 10.4. The summed E-state index contributed by atoms with van der Waals surface area (Å²) in [5.41, 5.74) is 1.09. The van der Waals surface area contributed by atoms with Gasteiger partial charge in [-0.1, -0.05) is 11.3 Å². The standard InChI is InChI=1S/C13H13FN4O3/c1-8-2-3-9(4-11(8)14)15-12(19)7-18-6-10(16-17-18)5-13(20)21/h2-4,6H,5,7H2,1H3,(H,15,19)(H,20,21). The number of carboxylic acid groups (broad SMARTS) is 1. The summed E-state index contributed by atoms with van der Waals surface area (Å²) < 4.78 is 14.6. The zero-order chi connectivity index (χ0) is 15.4. The Kier molecular flexibility index (Phi) is 4.27. The van der Waals surface area contributed by atoms with E-state index in [0.717, 1.165) is 0 Å². The molecule has 0 aliphatic carbocycles. The number of nitrogens with one attached hydrogen (secondary N) is 1. The first-order chi connectivity index (χ1) is 9.94. The number of aliphatic carboxylic acids is 1. The number of hydrogen-bond donors (Lipinski definition) is 2. The second-order valence-electron chi connectivity index (χ2n) is 4.49. The van der Waals surface area contributed by atoms with Gasteiger partial charge in [-0.3, -0.25) is 9.59 Å². The van der Waals surface area contributed by atoms with Crippen LogP contribution >= 0.6 is 0 Å². The van der Waals surface area contributed by atoms with E-state index in [2.05, 4.69) is 15.6 Å². The lowest BCUT2D eigenvalue weighted by Gasteiger charge is -2.06. The maximum absolute atomic E-state index is 13.3. The highest BCUT2D eigenvalue weighted by molar-refractivity contribution is 5.90. The number of nitrogens with zero attached hydrogens (tertiary/aromatic N) is 3. The Morgan fingerprint density at radius 1 is 1.43 bits per heavy atom. The van der Waals surface area contributed by atoms with Crippen LogP contribution in [0, 0.1) is 12.7 Å². The van der Waals surface area contributed by atoms with Gasteiger partial charge in [-0.25, -0.2) is 9.07 Å². The van der Waals surface area contributed by atoms with Crippen LogP contribution < -0.4 is 5.32 Å². The molecule has 2 N–H and O–H groups in total. The second-order valence-corrected chi connectivity index (χ2v) is 4.49. The van der Waals surface area contributed by atoms with Crippen LogP contribution in [0.15, 0.2) is 24.4 Å². The van der Waals surface area contributed by atoms with Crippen molar-refractivity contribution in [2.75, 3.05) is 5.32 Å². The lowest BCUT2D eigenvalue weighted by Crippen LogP contribution is -2.19. The lowest BCUT2D eigenvalue weighted by atomic mass is 10.2. The number of rotatable bonds is 5. The second kappa shape index (κ2) is 6.12. The summed E-state index contributed by atoms with van der Waals surface area (Å²) in [5, 5.41) is 18.4. The van der Waals surface area contributed by atoms with E-state index in [4.69, 9.17) is 5.11 Å². The molecule has 2 aromatic rings. The summed E-state index contributed by atoms with van der Waals surface area (Å²) >= 11 is 0. The molecule has 0 aliphatic rings. The van der Waals surface area contributed by atoms with Gasteiger partial charge >= 0.3 is 5.97 Å². The van der Waals surface area contributed by atoms with Crippen molar-refractivity contribution in [2.45, 2.75) is 19.9 Å². The van der Waals surface area contributed by atoms with E-state index in [9.17, 15) is 14.0 Å². The third-order valence-corrected chi connectivity index (χ3v) is 2.68. The molecule has 0 saturated heterocycles. The quantitative estimate of drug-likeness (QED) is 0.856. The van der Waals surface area contributed by atoms with Crippen LogP contribution in [0.3, 0.4) is 0 Å². The Morgan fingerprint density at radius 2 is 2.19 bits per heavy atom. The SMILES string of the molecule is Cc1ccc(NC(=O)Cn2cc(CC(=O)O)nn2)cc1F. The van der Waals surface area contributed by atoms with E-state index >= 15 is 0 Å². The van der Waals surface area contributed by atoms with Crippen LogP contribution in [0.25, 0.3) is 0 Å². The van der Waals surface area contributed by atoms with Crippen molar-refractivity contribution in [2.24, 2.45) is 0 Å². The topological polar surface area (TPSA) is 97.1 Å². The van der Waals surface area contributed by atoms with E-state index in [-0.39, 0.29) is 18.7 Å². The number of carbonyl (C=O) groups is 2. The van der Waals surface area contributed by atoms with Gasteiger partial charge in [0.1, 0.15) is 12.4 Å². The minimum Gasteiger partial charge on any atom is -0.481 e. The molecule has 21 heavy (non-hydrogen) atoms. The van der Waals surface area contributed by atoms with Crippen LogP contribution in [0.1, 0.15) is 11.3 Å². The molecule has 1 heterocycles. The van der Waals surface area contributed by atoms with Crippen molar-refractivity contribution in [3.05, 3.63) is 41.5 Å². The molecule has 2 rings (SSSR count). The summed E-state index contributed by atoms with van der Waals surface area (Å²) in [6, 6.07) is 4.38. The number of benzene rings is 1. The fraction of sp³-hybridized carbons (Fsp3) is 0.231. The van der Waals surface area contributed by atoms with Gasteiger partial charge in [0.25, 0.3) is 0 Å². The molecule has 1 aromatic carbocycles. The molecule has 0 bridgehead atoms. The number of aryl methyl sites for hydroxylation is 1. The van der Waals surface area contributed by atoms with Gasteiger partial charge in [-0.15, -0.1) is 5.10 Å². The van der Waals surface area contributed by atoms with Crippen LogP contribution in [-0.2, 0) is 22.6 Å². The first kappa shape index (κ1) is 14.6. The minimum absolute atomic E-state index is 0.137. The van der Waals surface area contributed by atoms with Gasteiger partial charge in [0.15, 0.2) is 0 Å². The Hall–Kier alpha value is -2.77. The fourth-order valence-corrected chi connectivity index (χ4v) is 1.67.